The highest BCUT2D eigenvalue weighted by Gasteiger charge is 2.65. The Morgan fingerprint density at radius 3 is 2.25 bits per heavy atom. The maximum atomic E-state index is 11.5. The third-order valence-corrected chi connectivity index (χ3v) is 4.47. The van der Waals surface area contributed by atoms with Gasteiger partial charge in [-0.05, 0) is 11.8 Å². The van der Waals surface area contributed by atoms with Gasteiger partial charge in [0, 0.05) is 17.8 Å². The van der Waals surface area contributed by atoms with Crippen LogP contribution in [0.15, 0.2) is 0 Å². The minimum Gasteiger partial charge on any atom is -0.393 e. The fraction of sp³-hybridized carbons (Fsp3) is 0.900. The number of rotatable bonds is 0. The number of aliphatic hydroxyl groups is 1. The second kappa shape index (κ2) is 1.92. The summed E-state index contributed by atoms with van der Waals surface area (Å²) in [5.74, 6) is 0.463. The number of aliphatic hydroxyl groups excluding tert-OH is 1. The number of fused-ring (bicyclic) bond motifs is 2. The highest BCUT2D eigenvalue weighted by molar-refractivity contribution is 5.87. The molecule has 0 heterocycles. The number of hydrogen-bond acceptors (Lipinski definition) is 2. The summed E-state index contributed by atoms with van der Waals surface area (Å²) in [6, 6.07) is 0. The van der Waals surface area contributed by atoms with E-state index >= 15 is 0 Å². The van der Waals surface area contributed by atoms with Crippen LogP contribution >= 0.6 is 0 Å². The first kappa shape index (κ1) is 8.24. The van der Waals surface area contributed by atoms with Gasteiger partial charge in [0.1, 0.15) is 5.78 Å². The highest BCUT2D eigenvalue weighted by atomic mass is 16.3. The van der Waals surface area contributed by atoms with Gasteiger partial charge in [0.15, 0.2) is 0 Å². The SMILES string of the molecule is CC1(C)[C@@H]2C[C@H](O)[C@@]1(C)CC2=O. The molecule has 2 nitrogen and oxygen atoms in total. The average Bonchev–Trinajstić information content (AvgIpc) is 2.18. The largest absolute Gasteiger partial charge is 0.393 e. The standard InChI is InChI=1S/C10H16O2/c1-9(2)6-4-8(12)10(9,3)5-7(6)11/h6,8,12H,4-5H2,1-3H3/t6-,8+,10-/m1/s1. The summed E-state index contributed by atoms with van der Waals surface area (Å²) in [5.41, 5.74) is -0.155. The van der Waals surface area contributed by atoms with Crippen molar-refractivity contribution in [3.63, 3.8) is 0 Å². The van der Waals surface area contributed by atoms with Crippen LogP contribution in [0.25, 0.3) is 0 Å². The fourth-order valence-corrected chi connectivity index (χ4v) is 2.97. The predicted octanol–water partition coefficient (Wildman–Crippen LogP) is 1.37. The fourth-order valence-electron chi connectivity index (χ4n) is 2.97. The zero-order valence-corrected chi connectivity index (χ0v) is 7.92. The molecule has 0 saturated heterocycles. The van der Waals surface area contributed by atoms with Crippen molar-refractivity contribution in [2.75, 3.05) is 0 Å². The molecule has 12 heavy (non-hydrogen) atoms. The average molecular weight is 168 g/mol. The minimum atomic E-state index is -0.268. The molecule has 2 aliphatic rings. The number of carbonyl (C=O) groups excluding carboxylic acids is 1. The molecule has 0 amide bonds. The molecule has 0 radical (unpaired) electrons. The zero-order valence-electron chi connectivity index (χ0n) is 7.92. The number of ketones is 1. The lowest BCUT2D eigenvalue weighted by Crippen LogP contribution is -2.35. The van der Waals surface area contributed by atoms with Crippen molar-refractivity contribution in [3.05, 3.63) is 0 Å². The lowest BCUT2D eigenvalue weighted by atomic mass is 9.70. The first-order chi connectivity index (χ1) is 5.39. The Morgan fingerprint density at radius 2 is 2.00 bits per heavy atom. The molecule has 2 saturated carbocycles. The molecule has 2 bridgehead atoms. The molecule has 0 aromatic carbocycles. The molecule has 2 fully saturated rings. The van der Waals surface area contributed by atoms with E-state index in [1.807, 2.05) is 6.92 Å². The van der Waals surface area contributed by atoms with Crippen LogP contribution in [0, 0.1) is 16.7 Å². The molecule has 68 valence electrons. The van der Waals surface area contributed by atoms with Gasteiger partial charge in [-0.3, -0.25) is 4.79 Å². The molecule has 1 N–H and O–H groups in total. The lowest BCUT2D eigenvalue weighted by Gasteiger charge is -2.35. The summed E-state index contributed by atoms with van der Waals surface area (Å²) >= 11 is 0. The molecule has 2 heteroatoms. The third-order valence-electron chi connectivity index (χ3n) is 4.47. The maximum Gasteiger partial charge on any atom is 0.137 e. The van der Waals surface area contributed by atoms with Crippen LogP contribution in [0.3, 0.4) is 0 Å². The van der Waals surface area contributed by atoms with Crippen LogP contribution in [0.5, 0.6) is 0 Å². The van der Waals surface area contributed by atoms with Gasteiger partial charge >= 0.3 is 0 Å². The summed E-state index contributed by atoms with van der Waals surface area (Å²) in [6.07, 6.45) is 0.990. The van der Waals surface area contributed by atoms with Gasteiger partial charge in [0.2, 0.25) is 0 Å². The van der Waals surface area contributed by atoms with Crippen molar-refractivity contribution in [1.82, 2.24) is 0 Å². The quantitative estimate of drug-likeness (QED) is 0.593. The zero-order chi connectivity index (χ0) is 9.15. The second-order valence-electron chi connectivity index (χ2n) is 5.09. The summed E-state index contributed by atoms with van der Waals surface area (Å²) in [5, 5.41) is 9.78. The summed E-state index contributed by atoms with van der Waals surface area (Å²) in [4.78, 5) is 11.5. The van der Waals surface area contributed by atoms with Crippen molar-refractivity contribution in [2.45, 2.75) is 39.7 Å². The van der Waals surface area contributed by atoms with Crippen molar-refractivity contribution in [2.24, 2.45) is 16.7 Å². The van der Waals surface area contributed by atoms with Gasteiger partial charge in [-0.1, -0.05) is 20.8 Å². The summed E-state index contributed by atoms with van der Waals surface area (Å²) in [7, 11) is 0. The smallest absolute Gasteiger partial charge is 0.137 e. The van der Waals surface area contributed by atoms with Gasteiger partial charge in [-0.25, -0.2) is 0 Å². The van der Waals surface area contributed by atoms with Crippen molar-refractivity contribution in [1.29, 1.82) is 0 Å². The van der Waals surface area contributed by atoms with Gasteiger partial charge < -0.3 is 5.11 Å². The predicted molar refractivity (Wildman–Crippen MR) is 45.6 cm³/mol. The number of carbonyl (C=O) groups is 1. The first-order valence-electron chi connectivity index (χ1n) is 4.60. The van der Waals surface area contributed by atoms with E-state index in [9.17, 15) is 9.90 Å². The minimum absolute atomic E-state index is 0.00347. The van der Waals surface area contributed by atoms with Gasteiger partial charge in [-0.15, -0.1) is 0 Å². The third kappa shape index (κ3) is 0.634. The molecule has 0 unspecified atom stereocenters. The van der Waals surface area contributed by atoms with E-state index in [-0.39, 0.29) is 22.9 Å². The second-order valence-corrected chi connectivity index (χ2v) is 5.09. The van der Waals surface area contributed by atoms with Crippen LogP contribution in [0.4, 0.5) is 0 Å². The Labute approximate surface area is 73.0 Å². The molecule has 0 aromatic heterocycles. The molecule has 2 rings (SSSR count). The van der Waals surface area contributed by atoms with E-state index in [0.29, 0.717) is 18.6 Å². The van der Waals surface area contributed by atoms with Crippen LogP contribution < -0.4 is 0 Å². The van der Waals surface area contributed by atoms with E-state index in [0.717, 1.165) is 0 Å². The van der Waals surface area contributed by atoms with Gasteiger partial charge in [-0.2, -0.15) is 0 Å². The van der Waals surface area contributed by atoms with E-state index in [1.165, 1.54) is 0 Å². The normalized spacial score (nSPS) is 50.2. The lowest BCUT2D eigenvalue weighted by molar-refractivity contribution is -0.124. The number of Topliss-reactive ketones (excluding diaryl/α,β-unsaturated/α-hetero) is 1. The highest BCUT2D eigenvalue weighted by Crippen LogP contribution is 2.63. The Balaban J connectivity index is 2.47. The Morgan fingerprint density at radius 1 is 1.42 bits per heavy atom. The molecular weight excluding hydrogens is 152 g/mol. The molecule has 2 aliphatic carbocycles. The topological polar surface area (TPSA) is 37.3 Å². The van der Waals surface area contributed by atoms with E-state index in [1.54, 1.807) is 0 Å². The van der Waals surface area contributed by atoms with Crippen LogP contribution in [0.2, 0.25) is 0 Å². The maximum absolute atomic E-state index is 11.5. The molecular formula is C10H16O2. The van der Waals surface area contributed by atoms with Crippen LogP contribution in [0.1, 0.15) is 33.6 Å². The van der Waals surface area contributed by atoms with Crippen molar-refractivity contribution >= 4 is 5.78 Å². The van der Waals surface area contributed by atoms with Gasteiger partial charge in [0.25, 0.3) is 0 Å². The van der Waals surface area contributed by atoms with Crippen molar-refractivity contribution < 1.29 is 9.90 Å². The molecule has 0 spiro atoms. The Hall–Kier alpha value is -0.370. The van der Waals surface area contributed by atoms with E-state index in [2.05, 4.69) is 13.8 Å². The Kier molecular flexibility index (Phi) is 1.32. The van der Waals surface area contributed by atoms with Crippen molar-refractivity contribution in [3.8, 4) is 0 Å². The first-order valence-corrected chi connectivity index (χ1v) is 4.60. The number of hydrogen-bond donors (Lipinski definition) is 1. The Bertz CT molecular complexity index is 244. The van der Waals surface area contributed by atoms with Crippen LogP contribution in [-0.2, 0) is 4.79 Å². The molecule has 0 aromatic rings. The van der Waals surface area contributed by atoms with Crippen LogP contribution in [-0.4, -0.2) is 17.0 Å². The van der Waals surface area contributed by atoms with E-state index < -0.39 is 0 Å². The molecule has 0 aliphatic heterocycles. The summed E-state index contributed by atoms with van der Waals surface area (Å²) < 4.78 is 0. The summed E-state index contributed by atoms with van der Waals surface area (Å²) in [6.45, 7) is 6.26. The van der Waals surface area contributed by atoms with E-state index in [4.69, 9.17) is 0 Å². The van der Waals surface area contributed by atoms with Gasteiger partial charge in [0.05, 0.1) is 6.10 Å². The molecule has 3 atom stereocenters. The monoisotopic (exact) mass is 168 g/mol.